The summed E-state index contributed by atoms with van der Waals surface area (Å²) < 4.78 is 37.8. The number of nitrogens with zero attached hydrogens (tertiary/aromatic N) is 1. The molecule has 0 spiro atoms. The first-order valence-electron chi connectivity index (χ1n) is 6.30. The number of ketones is 1. The molecule has 0 heterocycles. The number of carbonyl (C=O) groups excluding carboxylic acids is 1. The fraction of sp³-hybridized carbons (Fsp3) is 0.0588. The Hall–Kier alpha value is -2.87. The maximum Gasteiger partial charge on any atom is 0.416 e. The van der Waals surface area contributed by atoms with Crippen LogP contribution in [0.15, 0.2) is 54.6 Å². The van der Waals surface area contributed by atoms with Crippen LogP contribution in [0.3, 0.4) is 0 Å². The van der Waals surface area contributed by atoms with Crippen molar-refractivity contribution < 1.29 is 18.0 Å². The van der Waals surface area contributed by atoms with Gasteiger partial charge in [-0.15, -0.1) is 0 Å². The molecule has 0 aliphatic rings. The molecule has 0 aromatic heterocycles. The van der Waals surface area contributed by atoms with Gasteiger partial charge in [-0.1, -0.05) is 30.3 Å². The Morgan fingerprint density at radius 2 is 1.82 bits per heavy atom. The van der Waals surface area contributed by atoms with Crippen LogP contribution in [0.4, 0.5) is 13.2 Å². The van der Waals surface area contributed by atoms with E-state index in [4.69, 9.17) is 5.26 Å². The summed E-state index contributed by atoms with van der Waals surface area (Å²) in [6.45, 7) is 0. The summed E-state index contributed by atoms with van der Waals surface area (Å²) in [5.74, 6) is -0.534. The van der Waals surface area contributed by atoms with Crippen LogP contribution in [-0.4, -0.2) is 5.78 Å². The predicted molar refractivity (Wildman–Crippen MR) is 76.0 cm³/mol. The number of hydrogen-bond donors (Lipinski definition) is 0. The second-order valence-electron chi connectivity index (χ2n) is 4.51. The number of allylic oxidation sites excluding steroid dienone is 1. The van der Waals surface area contributed by atoms with Gasteiger partial charge in [0.15, 0.2) is 5.78 Å². The Balaban J connectivity index is 2.22. The van der Waals surface area contributed by atoms with Gasteiger partial charge >= 0.3 is 6.18 Å². The molecule has 5 heteroatoms. The van der Waals surface area contributed by atoms with Gasteiger partial charge in [-0.2, -0.15) is 18.4 Å². The average molecular weight is 301 g/mol. The number of benzene rings is 2. The van der Waals surface area contributed by atoms with Crippen LogP contribution in [0, 0.1) is 11.3 Å². The van der Waals surface area contributed by atoms with Gasteiger partial charge in [0.05, 0.1) is 17.2 Å². The van der Waals surface area contributed by atoms with Gasteiger partial charge < -0.3 is 0 Å². The van der Waals surface area contributed by atoms with Gasteiger partial charge in [-0.25, -0.2) is 0 Å². The second-order valence-corrected chi connectivity index (χ2v) is 4.51. The molecule has 2 aromatic carbocycles. The Morgan fingerprint density at radius 3 is 2.50 bits per heavy atom. The van der Waals surface area contributed by atoms with Gasteiger partial charge in [-0.3, -0.25) is 4.79 Å². The fourth-order valence-corrected chi connectivity index (χ4v) is 1.83. The molecule has 2 nitrogen and oxygen atoms in total. The molecule has 110 valence electrons. The number of alkyl halides is 3. The van der Waals surface area contributed by atoms with Gasteiger partial charge in [0.2, 0.25) is 0 Å². The fourth-order valence-electron chi connectivity index (χ4n) is 1.83. The molecular weight excluding hydrogens is 291 g/mol. The van der Waals surface area contributed by atoms with Crippen molar-refractivity contribution in [2.45, 2.75) is 6.18 Å². The zero-order valence-corrected chi connectivity index (χ0v) is 11.3. The summed E-state index contributed by atoms with van der Waals surface area (Å²) in [4.78, 5) is 11.9. The van der Waals surface area contributed by atoms with E-state index in [-0.39, 0.29) is 5.56 Å². The highest BCUT2D eigenvalue weighted by molar-refractivity contribution is 6.06. The van der Waals surface area contributed by atoms with E-state index in [1.54, 1.807) is 24.3 Å². The minimum atomic E-state index is -4.48. The first-order valence-corrected chi connectivity index (χ1v) is 6.30. The monoisotopic (exact) mass is 301 g/mol. The minimum Gasteiger partial charge on any atom is -0.289 e. The van der Waals surface area contributed by atoms with Crippen molar-refractivity contribution in [2.24, 2.45) is 0 Å². The van der Waals surface area contributed by atoms with Crippen LogP contribution in [0.25, 0.3) is 6.08 Å². The molecule has 0 aliphatic carbocycles. The highest BCUT2D eigenvalue weighted by Crippen LogP contribution is 2.29. The number of carbonyl (C=O) groups is 1. The lowest BCUT2D eigenvalue weighted by molar-refractivity contribution is -0.137. The van der Waals surface area contributed by atoms with Crippen molar-refractivity contribution in [1.82, 2.24) is 0 Å². The molecule has 0 N–H and O–H groups in total. The highest BCUT2D eigenvalue weighted by Gasteiger charge is 2.30. The van der Waals surface area contributed by atoms with Crippen LogP contribution in [0.2, 0.25) is 0 Å². The third kappa shape index (κ3) is 3.83. The van der Waals surface area contributed by atoms with E-state index in [0.717, 1.165) is 12.1 Å². The predicted octanol–water partition coefficient (Wildman–Crippen LogP) is 4.47. The van der Waals surface area contributed by atoms with E-state index in [0.29, 0.717) is 11.1 Å². The van der Waals surface area contributed by atoms with Crippen molar-refractivity contribution in [3.8, 4) is 6.07 Å². The molecule has 0 unspecified atom stereocenters. The summed E-state index contributed by atoms with van der Waals surface area (Å²) in [7, 11) is 0. The number of nitriles is 1. The van der Waals surface area contributed by atoms with Crippen molar-refractivity contribution in [3.63, 3.8) is 0 Å². The first-order chi connectivity index (χ1) is 10.4. The lowest BCUT2D eigenvalue weighted by atomic mass is 10.1. The Bertz CT molecular complexity index is 770. The number of rotatable bonds is 3. The maximum absolute atomic E-state index is 12.6. The van der Waals surface area contributed by atoms with E-state index in [1.807, 2.05) is 6.07 Å². The summed E-state index contributed by atoms with van der Waals surface area (Å²) >= 11 is 0. The molecule has 0 aliphatic heterocycles. The topological polar surface area (TPSA) is 40.9 Å². The third-order valence-electron chi connectivity index (χ3n) is 2.92. The third-order valence-corrected chi connectivity index (χ3v) is 2.92. The molecule has 0 saturated carbocycles. The molecule has 22 heavy (non-hydrogen) atoms. The van der Waals surface area contributed by atoms with E-state index in [1.165, 1.54) is 24.3 Å². The van der Waals surface area contributed by atoms with Gasteiger partial charge in [-0.05, 0) is 35.9 Å². The highest BCUT2D eigenvalue weighted by atomic mass is 19.4. The van der Waals surface area contributed by atoms with Crippen molar-refractivity contribution in [2.75, 3.05) is 0 Å². The summed E-state index contributed by atoms with van der Waals surface area (Å²) in [5, 5.41) is 8.78. The Kier molecular flexibility index (Phi) is 4.42. The van der Waals surface area contributed by atoms with Crippen molar-refractivity contribution >= 4 is 11.9 Å². The zero-order chi connectivity index (χ0) is 16.2. The molecule has 0 fully saturated rings. The maximum atomic E-state index is 12.6. The molecule has 0 bridgehead atoms. The first kappa shape index (κ1) is 15.5. The molecule has 0 saturated heterocycles. The smallest absolute Gasteiger partial charge is 0.289 e. The largest absolute Gasteiger partial charge is 0.416 e. The lowest BCUT2D eigenvalue weighted by Gasteiger charge is -2.07. The Morgan fingerprint density at radius 1 is 1.09 bits per heavy atom. The van der Waals surface area contributed by atoms with E-state index < -0.39 is 17.5 Å². The van der Waals surface area contributed by atoms with E-state index >= 15 is 0 Å². The number of hydrogen-bond acceptors (Lipinski definition) is 2. The van der Waals surface area contributed by atoms with Crippen molar-refractivity contribution in [1.29, 1.82) is 5.26 Å². The van der Waals surface area contributed by atoms with Crippen LogP contribution < -0.4 is 0 Å². The summed E-state index contributed by atoms with van der Waals surface area (Å²) in [5.41, 5.74) is 0.161. The van der Waals surface area contributed by atoms with Crippen LogP contribution in [-0.2, 0) is 6.18 Å². The quantitative estimate of drug-likeness (QED) is 0.620. The normalized spacial score (nSPS) is 11.4. The molecule has 0 radical (unpaired) electrons. The molecular formula is C17H10F3NO. The average Bonchev–Trinajstić information content (AvgIpc) is 2.52. The second kappa shape index (κ2) is 6.27. The van der Waals surface area contributed by atoms with Gasteiger partial charge in [0, 0.05) is 5.56 Å². The molecule has 0 atom stereocenters. The molecule has 0 amide bonds. The minimum absolute atomic E-state index is 0.0393. The van der Waals surface area contributed by atoms with Gasteiger partial charge in [0.1, 0.15) is 0 Å². The lowest BCUT2D eigenvalue weighted by Crippen LogP contribution is -2.06. The van der Waals surface area contributed by atoms with Crippen LogP contribution >= 0.6 is 0 Å². The van der Waals surface area contributed by atoms with Crippen molar-refractivity contribution in [3.05, 3.63) is 76.9 Å². The summed E-state index contributed by atoms with van der Waals surface area (Å²) in [6, 6.07) is 12.8. The number of halogens is 3. The van der Waals surface area contributed by atoms with E-state index in [9.17, 15) is 18.0 Å². The molecule has 2 aromatic rings. The van der Waals surface area contributed by atoms with E-state index in [2.05, 4.69) is 0 Å². The standard InChI is InChI=1S/C17H10F3NO/c18-17(19,20)15-6-2-5-14(10-15)16(22)8-7-12-3-1-4-13(9-12)11-21/h1-10H/b8-7+. The van der Waals surface area contributed by atoms with Gasteiger partial charge in [0.25, 0.3) is 0 Å². The Labute approximate surface area is 125 Å². The SMILES string of the molecule is N#Cc1cccc(/C=C/C(=O)c2cccc(C(F)(F)F)c2)c1. The zero-order valence-electron chi connectivity index (χ0n) is 11.3. The van der Waals surface area contributed by atoms with Crippen LogP contribution in [0.5, 0.6) is 0 Å². The summed E-state index contributed by atoms with van der Waals surface area (Å²) in [6.07, 6.45) is -1.84. The van der Waals surface area contributed by atoms with Crippen LogP contribution in [0.1, 0.15) is 27.0 Å². The molecule has 2 rings (SSSR count).